The van der Waals surface area contributed by atoms with Crippen molar-refractivity contribution in [1.82, 2.24) is 4.57 Å². The van der Waals surface area contributed by atoms with Crippen LogP contribution in [0.2, 0.25) is 0 Å². The molecule has 3 N–H and O–H groups in total. The third kappa shape index (κ3) is 1.64. The highest BCUT2D eigenvalue weighted by atomic mass is 16.3. The fourth-order valence-electron chi connectivity index (χ4n) is 2.03. The van der Waals surface area contributed by atoms with Gasteiger partial charge < -0.3 is 15.4 Å². The zero-order chi connectivity index (χ0) is 11.0. The van der Waals surface area contributed by atoms with Crippen molar-refractivity contribution in [3.63, 3.8) is 0 Å². The summed E-state index contributed by atoms with van der Waals surface area (Å²) in [6.07, 6.45) is 2.03. The molecular weight excluding hydrogens is 188 g/mol. The maximum Gasteiger partial charge on any atom is 0.0624 e. The average molecular weight is 204 g/mol. The monoisotopic (exact) mass is 204 g/mol. The maximum absolute atomic E-state index is 9.03. The summed E-state index contributed by atoms with van der Waals surface area (Å²) in [5.74, 6) is 0. The Hall–Kier alpha value is -1.32. The summed E-state index contributed by atoms with van der Waals surface area (Å²) in [5, 5.41) is 10.2. The Labute approximate surface area is 89.1 Å². The van der Waals surface area contributed by atoms with E-state index in [2.05, 4.69) is 17.6 Å². The van der Waals surface area contributed by atoms with Crippen molar-refractivity contribution in [2.75, 3.05) is 6.61 Å². The van der Waals surface area contributed by atoms with Crippen LogP contribution in [-0.4, -0.2) is 16.3 Å². The van der Waals surface area contributed by atoms with Crippen LogP contribution in [0.1, 0.15) is 17.2 Å². The number of hydrogen-bond acceptors (Lipinski definition) is 2. The molecule has 0 bridgehead atoms. The van der Waals surface area contributed by atoms with Crippen molar-refractivity contribution in [1.29, 1.82) is 0 Å². The molecule has 0 saturated heterocycles. The Morgan fingerprint density at radius 1 is 1.47 bits per heavy atom. The predicted molar refractivity (Wildman–Crippen MR) is 61.7 cm³/mol. The van der Waals surface area contributed by atoms with Gasteiger partial charge in [-0.15, -0.1) is 0 Å². The summed E-state index contributed by atoms with van der Waals surface area (Å²) < 4.78 is 2.10. The number of benzene rings is 1. The number of fused-ring (bicyclic) bond motifs is 1. The quantitative estimate of drug-likeness (QED) is 0.778. The lowest BCUT2D eigenvalue weighted by Gasteiger charge is -2.11. The van der Waals surface area contributed by atoms with Crippen molar-refractivity contribution >= 4 is 10.9 Å². The number of aromatic nitrogens is 1. The molecule has 0 saturated carbocycles. The molecule has 1 heterocycles. The van der Waals surface area contributed by atoms with Gasteiger partial charge in [0, 0.05) is 18.6 Å². The second-order valence-corrected chi connectivity index (χ2v) is 3.99. The third-order valence-electron chi connectivity index (χ3n) is 2.81. The van der Waals surface area contributed by atoms with E-state index in [1.807, 2.05) is 25.4 Å². The fraction of sp³-hybridized carbons (Fsp3) is 0.333. The molecule has 1 aromatic heterocycles. The van der Waals surface area contributed by atoms with Gasteiger partial charge in [-0.25, -0.2) is 0 Å². The minimum Gasteiger partial charge on any atom is -0.394 e. The molecule has 3 nitrogen and oxygen atoms in total. The number of hydrogen-bond donors (Lipinski definition) is 2. The Morgan fingerprint density at radius 2 is 2.20 bits per heavy atom. The van der Waals surface area contributed by atoms with Crippen molar-refractivity contribution in [2.45, 2.75) is 13.0 Å². The van der Waals surface area contributed by atoms with Gasteiger partial charge in [0.1, 0.15) is 0 Å². The van der Waals surface area contributed by atoms with Crippen molar-refractivity contribution < 1.29 is 5.11 Å². The molecule has 0 spiro atoms. The first-order chi connectivity index (χ1) is 7.13. The summed E-state index contributed by atoms with van der Waals surface area (Å²) in [4.78, 5) is 0. The lowest BCUT2D eigenvalue weighted by molar-refractivity contribution is 0.268. The smallest absolute Gasteiger partial charge is 0.0624 e. The summed E-state index contributed by atoms with van der Waals surface area (Å²) in [7, 11) is 2.03. The zero-order valence-corrected chi connectivity index (χ0v) is 9.07. The Balaban J connectivity index is 2.63. The average Bonchev–Trinajstić information content (AvgIpc) is 2.59. The maximum atomic E-state index is 9.03. The highest BCUT2D eigenvalue weighted by Crippen LogP contribution is 2.23. The number of aliphatic hydroxyl groups is 1. The van der Waals surface area contributed by atoms with Gasteiger partial charge in [0.05, 0.1) is 18.2 Å². The molecule has 1 unspecified atom stereocenters. The molecule has 1 aromatic carbocycles. The number of nitrogens with zero attached hydrogens (tertiary/aromatic N) is 1. The molecule has 1 atom stereocenters. The Bertz CT molecular complexity index is 488. The van der Waals surface area contributed by atoms with Gasteiger partial charge >= 0.3 is 0 Å². The molecule has 0 aliphatic rings. The highest BCUT2D eigenvalue weighted by Gasteiger charge is 2.08. The summed E-state index contributed by atoms with van der Waals surface area (Å²) in [5.41, 5.74) is 9.22. The first-order valence-electron chi connectivity index (χ1n) is 5.05. The van der Waals surface area contributed by atoms with Gasteiger partial charge in [-0.3, -0.25) is 0 Å². The van der Waals surface area contributed by atoms with E-state index in [4.69, 9.17) is 10.8 Å². The summed E-state index contributed by atoms with van der Waals surface area (Å²) in [6, 6.07) is 5.87. The summed E-state index contributed by atoms with van der Waals surface area (Å²) in [6.45, 7) is 2.05. The third-order valence-corrected chi connectivity index (χ3v) is 2.81. The SMILES string of the molecule is Cc1cc(C(N)CO)cc2ccn(C)c12. The van der Waals surface area contributed by atoms with Crippen LogP contribution >= 0.6 is 0 Å². The van der Waals surface area contributed by atoms with E-state index < -0.39 is 0 Å². The minimum absolute atomic E-state index is 0.0161. The van der Waals surface area contributed by atoms with Crippen LogP contribution in [0.4, 0.5) is 0 Å². The fourth-order valence-corrected chi connectivity index (χ4v) is 2.03. The van der Waals surface area contributed by atoms with Gasteiger partial charge in [-0.2, -0.15) is 0 Å². The minimum atomic E-state index is -0.284. The number of aryl methyl sites for hydroxylation is 2. The summed E-state index contributed by atoms with van der Waals surface area (Å²) >= 11 is 0. The van der Waals surface area contributed by atoms with Gasteiger partial charge in [0.2, 0.25) is 0 Å². The standard InChI is InChI=1S/C12H16N2O/c1-8-5-10(11(13)7-15)6-9-3-4-14(2)12(8)9/h3-6,11,15H,7,13H2,1-2H3. The van der Waals surface area contributed by atoms with Crippen LogP contribution in [0.15, 0.2) is 24.4 Å². The van der Waals surface area contributed by atoms with Crippen LogP contribution < -0.4 is 5.73 Å². The highest BCUT2D eigenvalue weighted by molar-refractivity contribution is 5.84. The van der Waals surface area contributed by atoms with E-state index in [0.29, 0.717) is 0 Å². The topological polar surface area (TPSA) is 51.2 Å². The molecule has 0 aliphatic heterocycles. The Morgan fingerprint density at radius 3 is 2.87 bits per heavy atom. The predicted octanol–water partition coefficient (Wildman–Crippen LogP) is 1.48. The molecular formula is C12H16N2O. The molecule has 0 fully saturated rings. The molecule has 2 aromatic rings. The zero-order valence-electron chi connectivity index (χ0n) is 9.07. The van der Waals surface area contributed by atoms with E-state index in [-0.39, 0.29) is 12.6 Å². The van der Waals surface area contributed by atoms with Crippen molar-refractivity contribution in [3.8, 4) is 0 Å². The molecule has 3 heteroatoms. The largest absolute Gasteiger partial charge is 0.394 e. The van der Waals surface area contributed by atoms with Crippen LogP contribution in [0.5, 0.6) is 0 Å². The number of nitrogens with two attached hydrogens (primary N) is 1. The van der Waals surface area contributed by atoms with Gasteiger partial charge in [0.15, 0.2) is 0 Å². The van der Waals surface area contributed by atoms with E-state index in [9.17, 15) is 0 Å². The van der Waals surface area contributed by atoms with Crippen molar-refractivity contribution in [2.24, 2.45) is 12.8 Å². The first kappa shape index (κ1) is 10.2. The van der Waals surface area contributed by atoms with Crippen LogP contribution in [-0.2, 0) is 7.05 Å². The number of rotatable bonds is 2. The lowest BCUT2D eigenvalue weighted by atomic mass is 10.0. The normalized spacial score (nSPS) is 13.3. The molecule has 0 amide bonds. The second kappa shape index (κ2) is 3.68. The van der Waals surface area contributed by atoms with Gasteiger partial charge in [0.25, 0.3) is 0 Å². The van der Waals surface area contributed by atoms with E-state index >= 15 is 0 Å². The van der Waals surface area contributed by atoms with Crippen LogP contribution in [0, 0.1) is 6.92 Å². The first-order valence-corrected chi connectivity index (χ1v) is 5.05. The Kier molecular flexibility index (Phi) is 2.50. The van der Waals surface area contributed by atoms with Gasteiger partial charge in [-0.05, 0) is 30.2 Å². The molecule has 0 aliphatic carbocycles. The molecule has 80 valence electrons. The molecule has 15 heavy (non-hydrogen) atoms. The van der Waals surface area contributed by atoms with Crippen LogP contribution in [0.3, 0.4) is 0 Å². The van der Waals surface area contributed by atoms with E-state index in [1.165, 1.54) is 16.5 Å². The second-order valence-electron chi connectivity index (χ2n) is 3.99. The van der Waals surface area contributed by atoms with E-state index in [0.717, 1.165) is 5.56 Å². The lowest BCUT2D eigenvalue weighted by Crippen LogP contribution is -2.14. The number of aliphatic hydroxyl groups excluding tert-OH is 1. The van der Waals surface area contributed by atoms with E-state index in [1.54, 1.807) is 0 Å². The van der Waals surface area contributed by atoms with Crippen LogP contribution in [0.25, 0.3) is 10.9 Å². The van der Waals surface area contributed by atoms with Crippen molar-refractivity contribution in [3.05, 3.63) is 35.5 Å². The van der Waals surface area contributed by atoms with Gasteiger partial charge in [-0.1, -0.05) is 6.07 Å². The molecule has 0 radical (unpaired) electrons. The molecule has 2 rings (SSSR count).